The standard InChI is InChI=1S/C27H23Cl3N2O4/c1-16(2)36-26-24(30)11-17(12-25(26)34-3)10-19(14-31)27(33)32-21-6-8-22(9-7-21)35-15-18-4-5-20(28)13-23(18)29/h4-13,16H,15H2,1-3H3,(H,32,33)/b19-10+. The predicted octanol–water partition coefficient (Wildman–Crippen LogP) is 7.57. The smallest absolute Gasteiger partial charge is 0.266 e. The minimum absolute atomic E-state index is 0.106. The number of hydrogen-bond acceptors (Lipinski definition) is 5. The number of nitrogens with one attached hydrogen (secondary N) is 1. The topological polar surface area (TPSA) is 80.6 Å². The third-order valence-electron chi connectivity index (χ3n) is 4.80. The second kappa shape index (κ2) is 12.5. The maximum atomic E-state index is 12.7. The summed E-state index contributed by atoms with van der Waals surface area (Å²) in [6.07, 6.45) is 1.32. The van der Waals surface area contributed by atoms with Crippen molar-refractivity contribution in [3.63, 3.8) is 0 Å². The molecule has 0 saturated heterocycles. The van der Waals surface area contributed by atoms with E-state index in [9.17, 15) is 10.1 Å². The van der Waals surface area contributed by atoms with Crippen LogP contribution in [0.2, 0.25) is 15.1 Å². The van der Waals surface area contributed by atoms with Crippen molar-refractivity contribution in [3.05, 3.63) is 86.4 Å². The molecule has 0 fully saturated rings. The lowest BCUT2D eigenvalue weighted by molar-refractivity contribution is -0.112. The van der Waals surface area contributed by atoms with Gasteiger partial charge >= 0.3 is 0 Å². The van der Waals surface area contributed by atoms with Crippen LogP contribution in [0.4, 0.5) is 5.69 Å². The molecule has 3 aromatic carbocycles. The predicted molar refractivity (Wildman–Crippen MR) is 143 cm³/mol. The van der Waals surface area contributed by atoms with E-state index < -0.39 is 5.91 Å². The van der Waals surface area contributed by atoms with Gasteiger partial charge in [0.2, 0.25) is 0 Å². The zero-order chi connectivity index (χ0) is 26.2. The minimum atomic E-state index is -0.572. The lowest BCUT2D eigenvalue weighted by atomic mass is 10.1. The van der Waals surface area contributed by atoms with Crippen LogP contribution in [0, 0.1) is 11.3 Å². The van der Waals surface area contributed by atoms with Crippen LogP contribution in [0.5, 0.6) is 17.2 Å². The lowest BCUT2D eigenvalue weighted by Crippen LogP contribution is -2.13. The number of nitriles is 1. The summed E-state index contributed by atoms with van der Waals surface area (Å²) in [5.74, 6) is 0.808. The molecular weight excluding hydrogens is 523 g/mol. The first-order chi connectivity index (χ1) is 17.2. The number of carbonyl (C=O) groups is 1. The Morgan fingerprint density at radius 3 is 2.39 bits per heavy atom. The van der Waals surface area contributed by atoms with Gasteiger partial charge in [-0.2, -0.15) is 5.26 Å². The number of methoxy groups -OCH3 is 1. The SMILES string of the molecule is COc1cc(/C=C(\C#N)C(=O)Nc2ccc(OCc3ccc(Cl)cc3Cl)cc2)cc(Cl)c1OC(C)C. The van der Waals surface area contributed by atoms with Gasteiger partial charge in [-0.05, 0) is 74.0 Å². The van der Waals surface area contributed by atoms with Crippen LogP contribution in [0.15, 0.2) is 60.2 Å². The van der Waals surface area contributed by atoms with Gasteiger partial charge in [-0.3, -0.25) is 4.79 Å². The van der Waals surface area contributed by atoms with Gasteiger partial charge in [0.1, 0.15) is 24.0 Å². The quantitative estimate of drug-likeness (QED) is 0.222. The summed E-state index contributed by atoms with van der Waals surface area (Å²) in [7, 11) is 1.49. The van der Waals surface area contributed by atoms with Gasteiger partial charge in [0.25, 0.3) is 5.91 Å². The van der Waals surface area contributed by atoms with E-state index in [1.165, 1.54) is 13.2 Å². The van der Waals surface area contributed by atoms with Crippen molar-refractivity contribution in [1.82, 2.24) is 0 Å². The first kappa shape index (κ1) is 27.2. The van der Waals surface area contributed by atoms with Gasteiger partial charge in [0.15, 0.2) is 11.5 Å². The molecule has 3 rings (SSSR count). The zero-order valence-corrected chi connectivity index (χ0v) is 22.0. The molecule has 0 aliphatic carbocycles. The van der Waals surface area contributed by atoms with Crippen molar-refractivity contribution in [1.29, 1.82) is 5.26 Å². The van der Waals surface area contributed by atoms with Gasteiger partial charge in [0.05, 0.1) is 18.2 Å². The number of carbonyl (C=O) groups excluding carboxylic acids is 1. The van der Waals surface area contributed by atoms with Crippen LogP contribution >= 0.6 is 34.8 Å². The maximum Gasteiger partial charge on any atom is 0.266 e. The van der Waals surface area contributed by atoms with E-state index in [2.05, 4.69) is 5.32 Å². The number of hydrogen-bond donors (Lipinski definition) is 1. The van der Waals surface area contributed by atoms with Crippen molar-refractivity contribution in [3.8, 4) is 23.3 Å². The molecule has 9 heteroatoms. The van der Waals surface area contributed by atoms with Gasteiger partial charge in [-0.15, -0.1) is 0 Å². The molecule has 0 bridgehead atoms. The summed E-state index contributed by atoms with van der Waals surface area (Å²) in [5, 5.41) is 13.6. The Labute approximate surface area is 224 Å². The lowest BCUT2D eigenvalue weighted by Gasteiger charge is -2.15. The van der Waals surface area contributed by atoms with Crippen LogP contribution in [0.25, 0.3) is 6.08 Å². The molecule has 36 heavy (non-hydrogen) atoms. The number of benzene rings is 3. The van der Waals surface area contributed by atoms with E-state index in [0.29, 0.717) is 43.6 Å². The third-order valence-corrected chi connectivity index (χ3v) is 5.67. The number of ether oxygens (including phenoxy) is 3. The molecule has 1 N–H and O–H groups in total. The summed E-state index contributed by atoms with van der Waals surface area (Å²) < 4.78 is 16.8. The summed E-state index contributed by atoms with van der Waals surface area (Å²) in [5.41, 5.74) is 1.70. The van der Waals surface area contributed by atoms with Crippen LogP contribution in [-0.4, -0.2) is 19.1 Å². The maximum absolute atomic E-state index is 12.7. The Morgan fingerprint density at radius 2 is 1.78 bits per heavy atom. The number of anilines is 1. The molecule has 0 unspecified atom stereocenters. The number of nitrogens with zero attached hydrogens (tertiary/aromatic N) is 1. The second-order valence-electron chi connectivity index (χ2n) is 7.87. The largest absolute Gasteiger partial charge is 0.493 e. The first-order valence-electron chi connectivity index (χ1n) is 10.8. The number of halogens is 3. The summed E-state index contributed by atoms with van der Waals surface area (Å²) in [4.78, 5) is 12.7. The molecule has 0 aromatic heterocycles. The van der Waals surface area contributed by atoms with Gasteiger partial charge in [-0.1, -0.05) is 40.9 Å². The highest BCUT2D eigenvalue weighted by molar-refractivity contribution is 6.35. The van der Waals surface area contributed by atoms with Gasteiger partial charge in [-0.25, -0.2) is 0 Å². The minimum Gasteiger partial charge on any atom is -0.493 e. The molecular formula is C27H23Cl3N2O4. The third kappa shape index (κ3) is 7.32. The van der Waals surface area contributed by atoms with E-state index >= 15 is 0 Å². The molecule has 0 aliphatic heterocycles. The normalized spacial score (nSPS) is 11.1. The molecule has 0 atom stereocenters. The Hall–Kier alpha value is -3.37. The van der Waals surface area contributed by atoms with Crippen molar-refractivity contribution >= 4 is 52.5 Å². The Balaban J connectivity index is 1.69. The first-order valence-corrected chi connectivity index (χ1v) is 12.0. The van der Waals surface area contributed by atoms with E-state index in [-0.39, 0.29) is 18.3 Å². The monoisotopic (exact) mass is 544 g/mol. The van der Waals surface area contributed by atoms with Crippen LogP contribution in [0.1, 0.15) is 25.0 Å². The second-order valence-corrected chi connectivity index (χ2v) is 9.12. The van der Waals surface area contributed by atoms with Crippen LogP contribution < -0.4 is 19.5 Å². The highest BCUT2D eigenvalue weighted by atomic mass is 35.5. The van der Waals surface area contributed by atoms with E-state index in [1.807, 2.05) is 19.9 Å². The molecule has 0 aliphatic rings. The van der Waals surface area contributed by atoms with Crippen molar-refractivity contribution < 1.29 is 19.0 Å². The zero-order valence-electron chi connectivity index (χ0n) is 19.8. The summed E-state index contributed by atoms with van der Waals surface area (Å²) >= 11 is 18.4. The molecule has 0 radical (unpaired) electrons. The highest BCUT2D eigenvalue weighted by Crippen LogP contribution is 2.37. The summed E-state index contributed by atoms with van der Waals surface area (Å²) in [6, 6.07) is 17.1. The number of rotatable bonds is 9. The molecule has 0 saturated carbocycles. The fraction of sp³-hybridized carbons (Fsp3) is 0.185. The fourth-order valence-corrected chi connectivity index (χ4v) is 3.85. The summed E-state index contributed by atoms with van der Waals surface area (Å²) in [6.45, 7) is 4.00. The van der Waals surface area contributed by atoms with Crippen molar-refractivity contribution in [2.24, 2.45) is 0 Å². The fourth-order valence-electron chi connectivity index (χ4n) is 3.12. The van der Waals surface area contributed by atoms with Gasteiger partial charge < -0.3 is 19.5 Å². The highest BCUT2D eigenvalue weighted by Gasteiger charge is 2.15. The van der Waals surface area contributed by atoms with Crippen molar-refractivity contribution in [2.45, 2.75) is 26.6 Å². The molecule has 0 heterocycles. The molecule has 3 aromatic rings. The van der Waals surface area contributed by atoms with Crippen LogP contribution in [-0.2, 0) is 11.4 Å². The van der Waals surface area contributed by atoms with E-state index in [1.54, 1.807) is 54.6 Å². The van der Waals surface area contributed by atoms with E-state index in [0.717, 1.165) is 5.56 Å². The Bertz CT molecular complexity index is 1320. The molecule has 6 nitrogen and oxygen atoms in total. The Morgan fingerprint density at radius 1 is 1.06 bits per heavy atom. The van der Waals surface area contributed by atoms with E-state index in [4.69, 9.17) is 49.0 Å². The average molecular weight is 546 g/mol. The molecule has 0 spiro atoms. The Kier molecular flexibility index (Phi) is 9.49. The molecule has 1 amide bonds. The number of amides is 1. The average Bonchev–Trinajstić information content (AvgIpc) is 2.84. The molecule has 186 valence electrons. The van der Waals surface area contributed by atoms with Gasteiger partial charge in [0, 0.05) is 21.3 Å². The van der Waals surface area contributed by atoms with Crippen LogP contribution in [0.3, 0.4) is 0 Å². The van der Waals surface area contributed by atoms with Crippen molar-refractivity contribution in [2.75, 3.05) is 12.4 Å².